The minimum atomic E-state index is 0.0952. The number of hydrogen-bond acceptors (Lipinski definition) is 4. The van der Waals surface area contributed by atoms with Crippen LogP contribution in [0.4, 0.5) is 5.69 Å². The molecule has 0 aromatic heterocycles. The van der Waals surface area contributed by atoms with Crippen molar-refractivity contribution in [1.82, 2.24) is 9.80 Å². The highest BCUT2D eigenvalue weighted by Gasteiger charge is 2.33. The van der Waals surface area contributed by atoms with E-state index in [-0.39, 0.29) is 6.04 Å². The molecule has 2 saturated heterocycles. The van der Waals surface area contributed by atoms with Gasteiger partial charge in [0.2, 0.25) is 5.91 Å². The lowest BCUT2D eigenvalue weighted by molar-refractivity contribution is -0.135. The summed E-state index contributed by atoms with van der Waals surface area (Å²) in [5.41, 5.74) is 1.12. The lowest BCUT2D eigenvalue weighted by atomic mass is 10.1. The van der Waals surface area contributed by atoms with Crippen molar-refractivity contribution in [2.45, 2.75) is 18.9 Å². The predicted octanol–water partition coefficient (Wildman–Crippen LogP) is 1.44. The van der Waals surface area contributed by atoms with Crippen LogP contribution in [0.2, 0.25) is 0 Å². The third kappa shape index (κ3) is 2.90. The first-order valence-corrected chi connectivity index (χ1v) is 8.07. The van der Waals surface area contributed by atoms with E-state index < -0.39 is 0 Å². The molecular formula is C17H25N3O2. The van der Waals surface area contributed by atoms with Gasteiger partial charge in [-0.1, -0.05) is 12.1 Å². The fraction of sp³-hybridized carbons (Fsp3) is 0.588. The zero-order chi connectivity index (χ0) is 15.5. The molecule has 0 aliphatic carbocycles. The van der Waals surface area contributed by atoms with E-state index in [1.54, 1.807) is 7.11 Å². The number of nitrogens with zero attached hydrogens (tertiary/aromatic N) is 3. The molecule has 0 N–H and O–H groups in total. The van der Waals surface area contributed by atoms with Gasteiger partial charge >= 0.3 is 0 Å². The van der Waals surface area contributed by atoms with E-state index in [9.17, 15) is 4.79 Å². The number of anilines is 1. The van der Waals surface area contributed by atoms with Crippen LogP contribution in [0.15, 0.2) is 24.3 Å². The van der Waals surface area contributed by atoms with Crippen LogP contribution < -0.4 is 9.64 Å². The number of carbonyl (C=O) groups is 1. The number of likely N-dealkylation sites (tertiary alicyclic amines) is 1. The van der Waals surface area contributed by atoms with Gasteiger partial charge in [-0.3, -0.25) is 9.69 Å². The maximum atomic E-state index is 12.6. The standard InChI is InChI=1S/C17H25N3O2/c1-18-9-5-7-15(18)17(21)20-12-10-19(11-13-20)14-6-3-4-8-16(14)22-2/h3-4,6,8,15H,5,7,9-13H2,1-2H3. The lowest BCUT2D eigenvalue weighted by Gasteiger charge is -2.38. The van der Waals surface area contributed by atoms with Crippen molar-refractivity contribution in [2.75, 3.05) is 51.8 Å². The molecule has 0 saturated carbocycles. The third-order valence-corrected chi connectivity index (χ3v) is 4.82. The number of piperazine rings is 1. The fourth-order valence-electron chi connectivity index (χ4n) is 3.49. The minimum absolute atomic E-state index is 0.0952. The first kappa shape index (κ1) is 15.2. The number of methoxy groups -OCH3 is 1. The Bertz CT molecular complexity index is 526. The zero-order valence-electron chi connectivity index (χ0n) is 13.5. The van der Waals surface area contributed by atoms with Crippen LogP contribution in [0.1, 0.15) is 12.8 Å². The van der Waals surface area contributed by atoms with E-state index in [0.29, 0.717) is 5.91 Å². The number of para-hydroxylation sites is 2. The number of hydrogen-bond donors (Lipinski definition) is 0. The van der Waals surface area contributed by atoms with Gasteiger partial charge in [0.05, 0.1) is 18.8 Å². The van der Waals surface area contributed by atoms with Gasteiger partial charge in [0.25, 0.3) is 0 Å². The quantitative estimate of drug-likeness (QED) is 0.846. The molecule has 5 heteroatoms. The molecule has 1 aromatic carbocycles. The number of amides is 1. The van der Waals surface area contributed by atoms with Crippen molar-refractivity contribution in [3.63, 3.8) is 0 Å². The largest absolute Gasteiger partial charge is 0.495 e. The summed E-state index contributed by atoms with van der Waals surface area (Å²) in [5, 5.41) is 0. The molecule has 2 aliphatic heterocycles. The normalized spacial score (nSPS) is 22.9. The topological polar surface area (TPSA) is 36.0 Å². The Morgan fingerprint density at radius 2 is 1.86 bits per heavy atom. The van der Waals surface area contributed by atoms with Gasteiger partial charge in [-0.2, -0.15) is 0 Å². The van der Waals surface area contributed by atoms with Crippen molar-refractivity contribution < 1.29 is 9.53 Å². The number of carbonyl (C=O) groups excluding carboxylic acids is 1. The molecule has 0 bridgehead atoms. The highest BCUT2D eigenvalue weighted by Crippen LogP contribution is 2.28. The van der Waals surface area contributed by atoms with E-state index in [0.717, 1.165) is 57.0 Å². The van der Waals surface area contributed by atoms with Crippen molar-refractivity contribution in [2.24, 2.45) is 0 Å². The Morgan fingerprint density at radius 1 is 1.14 bits per heavy atom. The molecule has 22 heavy (non-hydrogen) atoms. The molecule has 1 unspecified atom stereocenters. The molecule has 2 fully saturated rings. The van der Waals surface area contributed by atoms with E-state index in [1.165, 1.54) is 0 Å². The van der Waals surface area contributed by atoms with Crippen molar-refractivity contribution in [3.05, 3.63) is 24.3 Å². The van der Waals surface area contributed by atoms with Crippen LogP contribution in [0.5, 0.6) is 5.75 Å². The monoisotopic (exact) mass is 303 g/mol. The van der Waals surface area contributed by atoms with Crippen molar-refractivity contribution in [3.8, 4) is 5.75 Å². The van der Waals surface area contributed by atoms with E-state index >= 15 is 0 Å². The van der Waals surface area contributed by atoms with Crippen LogP contribution in [-0.4, -0.2) is 68.6 Å². The van der Waals surface area contributed by atoms with Gasteiger partial charge in [0, 0.05) is 26.2 Å². The predicted molar refractivity (Wildman–Crippen MR) is 87.4 cm³/mol. The lowest BCUT2D eigenvalue weighted by Crippen LogP contribution is -2.53. The smallest absolute Gasteiger partial charge is 0.240 e. The summed E-state index contributed by atoms with van der Waals surface area (Å²) in [6.45, 7) is 4.35. The first-order valence-electron chi connectivity index (χ1n) is 8.07. The van der Waals surface area contributed by atoms with E-state index in [2.05, 4.69) is 22.9 Å². The molecule has 2 aliphatic rings. The highest BCUT2D eigenvalue weighted by atomic mass is 16.5. The molecule has 5 nitrogen and oxygen atoms in total. The Balaban J connectivity index is 1.61. The summed E-state index contributed by atoms with van der Waals surface area (Å²) in [4.78, 5) is 19.1. The van der Waals surface area contributed by atoms with E-state index in [1.807, 2.05) is 23.1 Å². The molecule has 2 heterocycles. The fourth-order valence-corrected chi connectivity index (χ4v) is 3.49. The van der Waals surface area contributed by atoms with Gasteiger partial charge in [0.1, 0.15) is 5.75 Å². The molecular weight excluding hydrogens is 278 g/mol. The minimum Gasteiger partial charge on any atom is -0.495 e. The summed E-state index contributed by atoms with van der Waals surface area (Å²) in [6, 6.07) is 8.18. The van der Waals surface area contributed by atoms with Gasteiger partial charge in [-0.05, 0) is 38.6 Å². The molecule has 1 aromatic rings. The van der Waals surface area contributed by atoms with Crippen LogP contribution in [-0.2, 0) is 4.79 Å². The van der Waals surface area contributed by atoms with E-state index in [4.69, 9.17) is 4.74 Å². The average molecular weight is 303 g/mol. The highest BCUT2D eigenvalue weighted by molar-refractivity contribution is 5.82. The van der Waals surface area contributed by atoms with Crippen LogP contribution in [0.25, 0.3) is 0 Å². The summed E-state index contributed by atoms with van der Waals surface area (Å²) in [7, 11) is 3.76. The summed E-state index contributed by atoms with van der Waals surface area (Å²) >= 11 is 0. The Labute approximate surface area is 132 Å². The third-order valence-electron chi connectivity index (χ3n) is 4.82. The second-order valence-corrected chi connectivity index (χ2v) is 6.12. The SMILES string of the molecule is COc1ccccc1N1CCN(C(=O)C2CCCN2C)CC1. The van der Waals surface area contributed by atoms with Crippen molar-refractivity contribution in [1.29, 1.82) is 0 Å². The van der Waals surface area contributed by atoms with Gasteiger partial charge in [0.15, 0.2) is 0 Å². The maximum Gasteiger partial charge on any atom is 0.240 e. The first-order chi connectivity index (χ1) is 10.7. The molecule has 1 amide bonds. The summed E-state index contributed by atoms with van der Waals surface area (Å²) in [6.07, 6.45) is 2.14. The molecule has 1 atom stereocenters. The maximum absolute atomic E-state index is 12.6. The van der Waals surface area contributed by atoms with Gasteiger partial charge in [-0.25, -0.2) is 0 Å². The summed E-state index contributed by atoms with van der Waals surface area (Å²) < 4.78 is 5.44. The molecule has 120 valence electrons. The van der Waals surface area contributed by atoms with Crippen LogP contribution >= 0.6 is 0 Å². The zero-order valence-corrected chi connectivity index (χ0v) is 13.5. The number of rotatable bonds is 3. The second-order valence-electron chi connectivity index (χ2n) is 6.12. The Kier molecular flexibility index (Phi) is 4.52. The summed E-state index contributed by atoms with van der Waals surface area (Å²) in [5.74, 6) is 1.21. The van der Waals surface area contributed by atoms with Gasteiger partial charge < -0.3 is 14.5 Å². The average Bonchev–Trinajstić information content (AvgIpc) is 3.00. The van der Waals surface area contributed by atoms with Crippen molar-refractivity contribution >= 4 is 11.6 Å². The molecule has 0 radical (unpaired) electrons. The Morgan fingerprint density at radius 3 is 2.50 bits per heavy atom. The number of benzene rings is 1. The molecule has 0 spiro atoms. The van der Waals surface area contributed by atoms with Crippen LogP contribution in [0.3, 0.4) is 0 Å². The number of ether oxygens (including phenoxy) is 1. The Hall–Kier alpha value is -1.75. The van der Waals surface area contributed by atoms with Crippen LogP contribution in [0, 0.1) is 0 Å². The number of likely N-dealkylation sites (N-methyl/N-ethyl adjacent to an activating group) is 1. The van der Waals surface area contributed by atoms with Gasteiger partial charge in [-0.15, -0.1) is 0 Å². The second kappa shape index (κ2) is 6.57. The molecule has 3 rings (SSSR count).